The second-order valence-corrected chi connectivity index (χ2v) is 6.98. The number of anilines is 2. The lowest BCUT2D eigenvalue weighted by atomic mass is 10.0. The number of benzene rings is 2. The summed E-state index contributed by atoms with van der Waals surface area (Å²) in [6.45, 7) is 0.857. The van der Waals surface area contributed by atoms with Crippen molar-refractivity contribution in [3.63, 3.8) is 0 Å². The summed E-state index contributed by atoms with van der Waals surface area (Å²) in [5, 5.41) is 9.83. The summed E-state index contributed by atoms with van der Waals surface area (Å²) in [6.07, 6.45) is 2.10. The van der Waals surface area contributed by atoms with E-state index in [9.17, 15) is 4.79 Å². The van der Waals surface area contributed by atoms with E-state index in [-0.39, 0.29) is 5.56 Å². The van der Waals surface area contributed by atoms with Gasteiger partial charge in [0.25, 0.3) is 5.56 Å². The Labute approximate surface area is 154 Å². The van der Waals surface area contributed by atoms with Crippen molar-refractivity contribution in [3.05, 3.63) is 63.4 Å². The molecule has 26 heavy (non-hydrogen) atoms. The van der Waals surface area contributed by atoms with Crippen molar-refractivity contribution in [2.75, 3.05) is 11.4 Å². The van der Waals surface area contributed by atoms with Gasteiger partial charge in [-0.3, -0.25) is 9.36 Å². The largest absolute Gasteiger partial charge is 0.310 e. The molecule has 0 fully saturated rings. The first kappa shape index (κ1) is 15.4. The molecule has 0 aliphatic carbocycles. The van der Waals surface area contributed by atoms with Crippen LogP contribution in [0.5, 0.6) is 0 Å². The third-order valence-corrected chi connectivity index (χ3v) is 5.25. The minimum absolute atomic E-state index is 0.131. The molecule has 0 bridgehead atoms. The minimum atomic E-state index is -0.131. The van der Waals surface area contributed by atoms with E-state index in [2.05, 4.69) is 33.3 Å². The van der Waals surface area contributed by atoms with Gasteiger partial charge < -0.3 is 4.90 Å². The Morgan fingerprint density at radius 2 is 1.96 bits per heavy atom. The number of rotatable bonds is 1. The molecular weight excluding hydrogens is 350 g/mol. The molecule has 2 aromatic carbocycles. The molecule has 6 nitrogen and oxygen atoms in total. The van der Waals surface area contributed by atoms with E-state index in [1.807, 2.05) is 16.5 Å². The maximum atomic E-state index is 12.7. The average Bonchev–Trinajstić information content (AvgIpc) is 3.10. The summed E-state index contributed by atoms with van der Waals surface area (Å²) in [5.74, 6) is 1.23. The van der Waals surface area contributed by atoms with Gasteiger partial charge in [-0.2, -0.15) is 0 Å². The molecule has 5 rings (SSSR count). The number of fused-ring (bicyclic) bond motifs is 4. The molecule has 0 saturated carbocycles. The van der Waals surface area contributed by atoms with Gasteiger partial charge >= 0.3 is 0 Å². The Morgan fingerprint density at radius 1 is 1.12 bits per heavy atom. The highest BCUT2D eigenvalue weighted by atomic mass is 35.5. The number of hydrogen-bond donors (Lipinski definition) is 0. The van der Waals surface area contributed by atoms with Crippen LogP contribution < -0.4 is 10.5 Å². The van der Waals surface area contributed by atoms with Crippen LogP contribution in [0.15, 0.2) is 47.3 Å². The van der Waals surface area contributed by atoms with Crippen LogP contribution in [0, 0.1) is 0 Å². The quantitative estimate of drug-likeness (QED) is 0.519. The lowest BCUT2D eigenvalue weighted by Crippen LogP contribution is -2.27. The zero-order chi connectivity index (χ0) is 17.8. The molecule has 2 aromatic heterocycles. The maximum Gasteiger partial charge on any atom is 0.262 e. The minimum Gasteiger partial charge on any atom is -0.310 e. The first-order chi connectivity index (χ1) is 12.6. The molecule has 0 atom stereocenters. The van der Waals surface area contributed by atoms with E-state index >= 15 is 0 Å². The van der Waals surface area contributed by atoms with Gasteiger partial charge in [0.15, 0.2) is 0 Å². The van der Waals surface area contributed by atoms with E-state index in [1.54, 1.807) is 19.2 Å². The third kappa shape index (κ3) is 2.08. The number of aromatic nitrogens is 4. The Balaban J connectivity index is 1.87. The van der Waals surface area contributed by atoms with Crippen molar-refractivity contribution in [2.24, 2.45) is 7.05 Å². The Morgan fingerprint density at radius 3 is 2.85 bits per heavy atom. The summed E-state index contributed by atoms with van der Waals surface area (Å²) in [7, 11) is 1.71. The van der Waals surface area contributed by atoms with Crippen LogP contribution in [0.2, 0.25) is 5.02 Å². The molecule has 0 saturated heterocycles. The maximum absolute atomic E-state index is 12.7. The summed E-state index contributed by atoms with van der Waals surface area (Å²) in [4.78, 5) is 14.9. The van der Waals surface area contributed by atoms with Gasteiger partial charge in [-0.15, -0.1) is 10.2 Å². The van der Waals surface area contributed by atoms with E-state index in [0.29, 0.717) is 16.2 Å². The van der Waals surface area contributed by atoms with Crippen molar-refractivity contribution < 1.29 is 0 Å². The van der Waals surface area contributed by atoms with Crippen LogP contribution >= 0.6 is 11.6 Å². The van der Waals surface area contributed by atoms with Gasteiger partial charge in [0.1, 0.15) is 0 Å². The molecule has 130 valence electrons. The Hall–Kier alpha value is -2.86. The molecule has 0 N–H and O–H groups in total. The molecule has 0 unspecified atom stereocenters. The lowest BCUT2D eigenvalue weighted by molar-refractivity contribution is 0.748. The zero-order valence-corrected chi connectivity index (χ0v) is 14.9. The molecule has 0 spiro atoms. The third-order valence-electron chi connectivity index (χ3n) is 5.02. The van der Waals surface area contributed by atoms with Gasteiger partial charge in [-0.1, -0.05) is 29.8 Å². The van der Waals surface area contributed by atoms with Crippen LogP contribution in [0.3, 0.4) is 0 Å². The molecule has 1 aliphatic heterocycles. The van der Waals surface area contributed by atoms with Crippen molar-refractivity contribution in [3.8, 4) is 0 Å². The van der Waals surface area contributed by atoms with Crippen molar-refractivity contribution >= 4 is 39.9 Å². The first-order valence-corrected chi connectivity index (χ1v) is 8.92. The molecular formula is C19H16ClN5O. The monoisotopic (exact) mass is 365 g/mol. The first-order valence-electron chi connectivity index (χ1n) is 8.54. The Kier molecular flexibility index (Phi) is 3.30. The van der Waals surface area contributed by atoms with Gasteiger partial charge in [-0.25, -0.2) is 4.40 Å². The summed E-state index contributed by atoms with van der Waals surface area (Å²) in [5.41, 5.74) is 3.07. The standard InChI is InChI=1S/C19H16ClN5O/c1-23-17(26)14-11-13(20)8-9-16(14)25-18(23)21-22-19(25)24-10-4-6-12-5-2-3-7-15(12)24/h2-3,5,7-9,11H,4,6,10H2,1H3. The van der Waals surface area contributed by atoms with E-state index in [0.717, 1.165) is 36.5 Å². The van der Waals surface area contributed by atoms with Gasteiger partial charge in [0.05, 0.1) is 10.9 Å². The predicted octanol–water partition coefficient (Wildman–Crippen LogP) is 3.32. The number of aryl methyl sites for hydroxylation is 2. The fourth-order valence-electron chi connectivity index (χ4n) is 3.76. The van der Waals surface area contributed by atoms with Crippen LogP contribution in [0.1, 0.15) is 12.0 Å². The summed E-state index contributed by atoms with van der Waals surface area (Å²) < 4.78 is 3.46. The van der Waals surface area contributed by atoms with Crippen LogP contribution in [0.25, 0.3) is 16.7 Å². The van der Waals surface area contributed by atoms with E-state index in [1.165, 1.54) is 10.1 Å². The summed E-state index contributed by atoms with van der Waals surface area (Å²) >= 11 is 6.12. The molecule has 0 radical (unpaired) electrons. The summed E-state index contributed by atoms with van der Waals surface area (Å²) in [6, 6.07) is 13.7. The highest BCUT2D eigenvalue weighted by molar-refractivity contribution is 6.31. The molecule has 0 amide bonds. The van der Waals surface area contributed by atoms with Gasteiger partial charge in [0, 0.05) is 24.3 Å². The Bertz CT molecular complexity index is 1230. The number of halogens is 1. The fraction of sp³-hybridized carbons (Fsp3) is 0.211. The average molecular weight is 366 g/mol. The molecule has 3 heterocycles. The van der Waals surface area contributed by atoms with Crippen LogP contribution in [0.4, 0.5) is 11.6 Å². The SMILES string of the molecule is Cn1c(=O)c2cc(Cl)ccc2n2c(N3CCCc4ccccc43)nnc12. The molecule has 1 aliphatic rings. The normalized spacial score (nSPS) is 14.2. The molecule has 4 aromatic rings. The highest BCUT2D eigenvalue weighted by Gasteiger charge is 2.24. The van der Waals surface area contributed by atoms with Crippen LogP contribution in [-0.4, -0.2) is 25.7 Å². The van der Waals surface area contributed by atoms with Crippen LogP contribution in [-0.2, 0) is 13.5 Å². The number of para-hydroxylation sites is 1. The molecule has 7 heteroatoms. The van der Waals surface area contributed by atoms with Gasteiger partial charge in [-0.05, 0) is 42.7 Å². The second kappa shape index (κ2) is 5.57. The van der Waals surface area contributed by atoms with Crippen molar-refractivity contribution in [2.45, 2.75) is 12.8 Å². The fourth-order valence-corrected chi connectivity index (χ4v) is 3.94. The lowest BCUT2D eigenvalue weighted by Gasteiger charge is -2.29. The van der Waals surface area contributed by atoms with Crippen molar-refractivity contribution in [1.82, 2.24) is 19.2 Å². The highest BCUT2D eigenvalue weighted by Crippen LogP contribution is 2.33. The second-order valence-electron chi connectivity index (χ2n) is 6.54. The van der Waals surface area contributed by atoms with Gasteiger partial charge in [0.2, 0.25) is 11.7 Å². The number of nitrogens with zero attached hydrogens (tertiary/aromatic N) is 5. The predicted molar refractivity (Wildman–Crippen MR) is 103 cm³/mol. The van der Waals surface area contributed by atoms with E-state index in [4.69, 9.17) is 11.6 Å². The number of hydrogen-bond acceptors (Lipinski definition) is 4. The topological polar surface area (TPSA) is 55.4 Å². The zero-order valence-electron chi connectivity index (χ0n) is 14.2. The van der Waals surface area contributed by atoms with E-state index < -0.39 is 0 Å². The smallest absolute Gasteiger partial charge is 0.262 e. The van der Waals surface area contributed by atoms with Crippen molar-refractivity contribution in [1.29, 1.82) is 0 Å².